The Hall–Kier alpha value is -1.70. The predicted molar refractivity (Wildman–Crippen MR) is 97.8 cm³/mol. The fraction of sp³-hybridized carbons (Fsp3) is 0.765. The lowest BCUT2D eigenvalue weighted by Crippen LogP contribution is -2.44. The SMILES string of the molecule is CN(CCN(C)c1nc(C2CCCCC2)ns1)C(=O)[C@H]1CCC(=O)N1. The molecule has 0 bridgehead atoms. The van der Waals surface area contributed by atoms with Crippen molar-refractivity contribution in [1.82, 2.24) is 19.6 Å². The van der Waals surface area contributed by atoms with Gasteiger partial charge >= 0.3 is 0 Å². The van der Waals surface area contributed by atoms with Crippen molar-refractivity contribution >= 4 is 28.5 Å². The third-order valence-electron chi connectivity index (χ3n) is 5.17. The number of aromatic nitrogens is 2. The van der Waals surface area contributed by atoms with Gasteiger partial charge in [-0.1, -0.05) is 19.3 Å². The second kappa shape index (κ2) is 8.12. The standard InChI is InChI=1S/C17H27N5O2S/c1-21(16(24)13-8-9-14(23)18-13)10-11-22(2)17-19-15(20-25-17)12-6-4-3-5-7-12/h12-13H,3-11H2,1-2H3,(H,18,23)/t13-/m1/s1. The summed E-state index contributed by atoms with van der Waals surface area (Å²) in [6.45, 7) is 1.29. The first-order valence-corrected chi connectivity index (χ1v) is 9.91. The first-order chi connectivity index (χ1) is 12.0. The van der Waals surface area contributed by atoms with Crippen molar-refractivity contribution < 1.29 is 9.59 Å². The minimum absolute atomic E-state index is 0.0144. The number of anilines is 1. The Morgan fingerprint density at radius 1 is 1.20 bits per heavy atom. The number of amides is 2. The number of hydrogen-bond acceptors (Lipinski definition) is 6. The van der Waals surface area contributed by atoms with Gasteiger partial charge in [0.1, 0.15) is 11.9 Å². The molecular weight excluding hydrogens is 338 g/mol. The van der Waals surface area contributed by atoms with E-state index in [1.165, 1.54) is 43.6 Å². The van der Waals surface area contributed by atoms with E-state index in [4.69, 9.17) is 4.98 Å². The fourth-order valence-electron chi connectivity index (χ4n) is 3.48. The van der Waals surface area contributed by atoms with Gasteiger partial charge in [0.05, 0.1) is 0 Å². The molecule has 1 atom stereocenters. The molecular formula is C17H27N5O2S. The van der Waals surface area contributed by atoms with E-state index in [1.807, 2.05) is 7.05 Å². The van der Waals surface area contributed by atoms with E-state index in [0.29, 0.717) is 31.8 Å². The summed E-state index contributed by atoms with van der Waals surface area (Å²) < 4.78 is 4.56. The van der Waals surface area contributed by atoms with Gasteiger partial charge < -0.3 is 15.1 Å². The van der Waals surface area contributed by atoms with E-state index in [2.05, 4.69) is 14.6 Å². The molecule has 138 valence electrons. The van der Waals surface area contributed by atoms with Gasteiger partial charge in [-0.15, -0.1) is 0 Å². The molecule has 0 unspecified atom stereocenters. The Morgan fingerprint density at radius 3 is 2.64 bits per heavy atom. The summed E-state index contributed by atoms with van der Waals surface area (Å²) in [5.41, 5.74) is 0. The second-order valence-electron chi connectivity index (χ2n) is 7.11. The highest BCUT2D eigenvalue weighted by Gasteiger charge is 2.29. The lowest BCUT2D eigenvalue weighted by Gasteiger charge is -2.24. The summed E-state index contributed by atoms with van der Waals surface area (Å²) in [5, 5.41) is 3.64. The average Bonchev–Trinajstić information content (AvgIpc) is 3.29. The maximum Gasteiger partial charge on any atom is 0.244 e. The first kappa shape index (κ1) is 18.1. The number of nitrogens with zero attached hydrogens (tertiary/aromatic N) is 4. The third-order valence-corrected chi connectivity index (χ3v) is 6.01. The zero-order valence-electron chi connectivity index (χ0n) is 15.0. The Balaban J connectivity index is 1.48. The van der Waals surface area contributed by atoms with Gasteiger partial charge in [-0.3, -0.25) is 9.59 Å². The van der Waals surface area contributed by atoms with Gasteiger partial charge in [-0.25, -0.2) is 4.98 Å². The molecule has 0 spiro atoms. The van der Waals surface area contributed by atoms with Crippen molar-refractivity contribution in [2.75, 3.05) is 32.1 Å². The van der Waals surface area contributed by atoms with Crippen LogP contribution in [0.5, 0.6) is 0 Å². The second-order valence-corrected chi connectivity index (χ2v) is 7.84. The van der Waals surface area contributed by atoms with Crippen molar-refractivity contribution in [3.05, 3.63) is 5.82 Å². The number of carbonyl (C=O) groups is 2. The average molecular weight is 366 g/mol. The van der Waals surface area contributed by atoms with Gasteiger partial charge in [-0.05, 0) is 19.3 Å². The van der Waals surface area contributed by atoms with Crippen LogP contribution < -0.4 is 10.2 Å². The van der Waals surface area contributed by atoms with Crippen LogP contribution in [0.15, 0.2) is 0 Å². The molecule has 1 saturated carbocycles. The monoisotopic (exact) mass is 365 g/mol. The van der Waals surface area contributed by atoms with E-state index < -0.39 is 0 Å². The van der Waals surface area contributed by atoms with Crippen LogP contribution >= 0.6 is 11.5 Å². The predicted octanol–water partition coefficient (Wildman–Crippen LogP) is 1.76. The lowest BCUT2D eigenvalue weighted by atomic mass is 9.89. The van der Waals surface area contributed by atoms with Gasteiger partial charge in [-0.2, -0.15) is 4.37 Å². The van der Waals surface area contributed by atoms with Crippen LogP contribution in [-0.2, 0) is 9.59 Å². The molecule has 1 saturated heterocycles. The molecule has 1 aromatic rings. The van der Waals surface area contributed by atoms with E-state index >= 15 is 0 Å². The van der Waals surface area contributed by atoms with Crippen LogP contribution in [0.4, 0.5) is 5.13 Å². The Kier molecular flexibility index (Phi) is 5.88. The van der Waals surface area contributed by atoms with Crippen LogP contribution in [0.25, 0.3) is 0 Å². The number of likely N-dealkylation sites (N-methyl/N-ethyl adjacent to an activating group) is 2. The topological polar surface area (TPSA) is 78.4 Å². The van der Waals surface area contributed by atoms with Crippen molar-refractivity contribution in [3.63, 3.8) is 0 Å². The van der Waals surface area contributed by atoms with Crippen molar-refractivity contribution in [3.8, 4) is 0 Å². The highest BCUT2D eigenvalue weighted by Crippen LogP contribution is 2.32. The van der Waals surface area contributed by atoms with Gasteiger partial charge in [0.2, 0.25) is 16.9 Å². The van der Waals surface area contributed by atoms with Crippen LogP contribution in [0, 0.1) is 0 Å². The van der Waals surface area contributed by atoms with E-state index in [1.54, 1.807) is 11.9 Å². The van der Waals surface area contributed by atoms with Crippen molar-refractivity contribution in [1.29, 1.82) is 0 Å². The lowest BCUT2D eigenvalue weighted by molar-refractivity contribution is -0.133. The molecule has 2 aliphatic rings. The first-order valence-electron chi connectivity index (χ1n) is 9.13. The van der Waals surface area contributed by atoms with Crippen LogP contribution in [-0.4, -0.2) is 59.3 Å². The molecule has 0 radical (unpaired) electrons. The molecule has 25 heavy (non-hydrogen) atoms. The zero-order chi connectivity index (χ0) is 17.8. The molecule has 7 nitrogen and oxygen atoms in total. The number of nitrogens with one attached hydrogen (secondary N) is 1. The molecule has 2 heterocycles. The highest BCUT2D eigenvalue weighted by atomic mass is 32.1. The minimum atomic E-state index is -0.359. The molecule has 2 amide bonds. The normalized spacial score (nSPS) is 21.2. The van der Waals surface area contributed by atoms with Crippen LogP contribution in [0.1, 0.15) is 56.7 Å². The Morgan fingerprint density at radius 2 is 1.96 bits per heavy atom. The van der Waals surface area contributed by atoms with E-state index in [-0.39, 0.29) is 17.9 Å². The minimum Gasteiger partial charge on any atom is -0.348 e. The molecule has 1 N–H and O–H groups in total. The summed E-state index contributed by atoms with van der Waals surface area (Å²) >= 11 is 1.44. The maximum atomic E-state index is 12.3. The summed E-state index contributed by atoms with van der Waals surface area (Å²) in [7, 11) is 3.77. The van der Waals surface area contributed by atoms with Gasteiger partial charge in [0.25, 0.3) is 0 Å². The van der Waals surface area contributed by atoms with Crippen LogP contribution in [0.3, 0.4) is 0 Å². The quantitative estimate of drug-likeness (QED) is 0.831. The largest absolute Gasteiger partial charge is 0.348 e. The molecule has 0 aromatic carbocycles. The zero-order valence-corrected chi connectivity index (χ0v) is 15.8. The molecule has 3 rings (SSSR count). The summed E-state index contributed by atoms with van der Waals surface area (Å²) in [4.78, 5) is 32.0. The highest BCUT2D eigenvalue weighted by molar-refractivity contribution is 7.09. The third kappa shape index (κ3) is 4.48. The molecule has 2 fully saturated rings. The fourth-order valence-corrected chi connectivity index (χ4v) is 4.21. The van der Waals surface area contributed by atoms with Gasteiger partial charge in [0, 0.05) is 51.1 Å². The number of rotatable bonds is 6. The molecule has 8 heteroatoms. The van der Waals surface area contributed by atoms with E-state index in [9.17, 15) is 9.59 Å². The Labute approximate surface area is 153 Å². The maximum absolute atomic E-state index is 12.3. The number of carbonyl (C=O) groups excluding carboxylic acids is 2. The van der Waals surface area contributed by atoms with E-state index in [0.717, 1.165) is 11.0 Å². The summed E-state index contributed by atoms with van der Waals surface area (Å²) in [5.74, 6) is 1.46. The Bertz CT molecular complexity index is 614. The molecule has 1 aromatic heterocycles. The van der Waals surface area contributed by atoms with Gasteiger partial charge in [0.15, 0.2) is 0 Å². The van der Waals surface area contributed by atoms with Crippen LogP contribution in [0.2, 0.25) is 0 Å². The van der Waals surface area contributed by atoms with Crippen molar-refractivity contribution in [2.24, 2.45) is 0 Å². The summed E-state index contributed by atoms with van der Waals surface area (Å²) in [6.07, 6.45) is 7.32. The smallest absolute Gasteiger partial charge is 0.244 e. The molecule has 1 aliphatic heterocycles. The van der Waals surface area contributed by atoms with Crippen molar-refractivity contribution in [2.45, 2.75) is 56.9 Å². The molecule has 1 aliphatic carbocycles. The summed E-state index contributed by atoms with van der Waals surface area (Å²) in [6, 6.07) is -0.359. The number of hydrogen-bond donors (Lipinski definition) is 1.